The van der Waals surface area contributed by atoms with Gasteiger partial charge < -0.3 is 16.0 Å². The van der Waals surface area contributed by atoms with Gasteiger partial charge in [0.1, 0.15) is 11.4 Å². The lowest BCUT2D eigenvalue weighted by Gasteiger charge is -2.27. The van der Waals surface area contributed by atoms with Crippen molar-refractivity contribution in [3.05, 3.63) is 48.2 Å². The topological polar surface area (TPSA) is 91.6 Å². The van der Waals surface area contributed by atoms with E-state index in [9.17, 15) is 22.8 Å². The molecular formula is C19H18F3N5O2S2. The Morgan fingerprint density at radius 3 is 2.45 bits per heavy atom. The van der Waals surface area contributed by atoms with Gasteiger partial charge in [-0.1, -0.05) is 0 Å². The smallest absolute Gasteiger partial charge is 0.376 e. The molecule has 12 heteroatoms. The summed E-state index contributed by atoms with van der Waals surface area (Å²) in [6.07, 6.45) is 1.51. The van der Waals surface area contributed by atoms with E-state index in [0.29, 0.717) is 11.4 Å². The van der Waals surface area contributed by atoms with E-state index >= 15 is 0 Å². The normalized spacial score (nSPS) is 16.0. The van der Waals surface area contributed by atoms with Crippen molar-refractivity contribution in [1.82, 2.24) is 9.88 Å². The molecule has 7 nitrogen and oxygen atoms in total. The van der Waals surface area contributed by atoms with Gasteiger partial charge in [-0.25, -0.2) is 14.7 Å². The number of amides is 3. The Bertz CT molecular complexity index is 1030. The van der Waals surface area contributed by atoms with Gasteiger partial charge in [-0.05, 0) is 79.8 Å². The van der Waals surface area contributed by atoms with Crippen LogP contribution in [0.5, 0.6) is 0 Å². The van der Waals surface area contributed by atoms with Gasteiger partial charge in [-0.3, -0.25) is 4.79 Å². The van der Waals surface area contributed by atoms with Crippen molar-refractivity contribution >= 4 is 52.5 Å². The molecule has 0 radical (unpaired) electrons. The average Bonchev–Trinajstić information content (AvgIpc) is 2.81. The maximum absolute atomic E-state index is 13.1. The zero-order valence-electron chi connectivity index (χ0n) is 16.4. The van der Waals surface area contributed by atoms with Gasteiger partial charge in [0.05, 0.1) is 5.69 Å². The summed E-state index contributed by atoms with van der Waals surface area (Å²) in [4.78, 5) is 32.5. The molecule has 3 rings (SSSR count). The van der Waals surface area contributed by atoms with Gasteiger partial charge >= 0.3 is 11.5 Å². The number of thiocarbonyl (C=S) groups is 1. The first-order valence-corrected chi connectivity index (χ1v) is 10.1. The van der Waals surface area contributed by atoms with Gasteiger partial charge in [0.2, 0.25) is 0 Å². The first-order valence-electron chi connectivity index (χ1n) is 8.92. The first-order chi connectivity index (χ1) is 14.4. The number of rotatable bonds is 5. The van der Waals surface area contributed by atoms with E-state index in [1.165, 1.54) is 35.4 Å². The number of aromatic nitrogens is 1. The van der Waals surface area contributed by atoms with Crippen molar-refractivity contribution in [1.29, 1.82) is 0 Å². The van der Waals surface area contributed by atoms with Crippen LogP contribution in [-0.4, -0.2) is 38.0 Å². The molecule has 1 fully saturated rings. The van der Waals surface area contributed by atoms with Crippen LogP contribution >= 0.6 is 24.0 Å². The molecule has 1 saturated heterocycles. The van der Waals surface area contributed by atoms with Gasteiger partial charge in [0.15, 0.2) is 5.11 Å². The largest absolute Gasteiger partial charge is 0.446 e. The van der Waals surface area contributed by atoms with Crippen molar-refractivity contribution in [2.24, 2.45) is 5.73 Å². The van der Waals surface area contributed by atoms with E-state index in [1.807, 2.05) is 0 Å². The minimum Gasteiger partial charge on any atom is -0.376 e. The van der Waals surface area contributed by atoms with Gasteiger partial charge in [0, 0.05) is 17.6 Å². The van der Waals surface area contributed by atoms with Crippen molar-refractivity contribution in [3.63, 3.8) is 0 Å². The number of thioether (sulfide) groups is 1. The van der Waals surface area contributed by atoms with Crippen LogP contribution in [0.2, 0.25) is 0 Å². The molecule has 164 valence electrons. The van der Waals surface area contributed by atoms with E-state index in [2.05, 4.69) is 10.3 Å². The predicted molar refractivity (Wildman–Crippen MR) is 116 cm³/mol. The summed E-state index contributed by atoms with van der Waals surface area (Å²) in [5.41, 5.74) is 0.733. The molecular weight excluding hydrogens is 451 g/mol. The van der Waals surface area contributed by atoms with Crippen molar-refractivity contribution in [2.75, 3.05) is 10.2 Å². The number of nitrogens with one attached hydrogen (secondary N) is 1. The van der Waals surface area contributed by atoms with Crippen LogP contribution in [0.3, 0.4) is 0 Å². The first kappa shape index (κ1) is 22.8. The standard InChI is InChI=1S/C19H18F3N5O2S2/c1-18(2)15(28)27(12-3-5-13(6-4-12)31-19(20,21)22)17(29)26(18)10-11-7-8-24-14(9-11)25-16(23)30/h3-9H,10H2,1-2H3,(H3,23,24,25,30). The Labute approximate surface area is 185 Å². The number of carbonyl (C=O) groups excluding carboxylic acids is 2. The minimum absolute atomic E-state index is 0.0377. The van der Waals surface area contributed by atoms with Gasteiger partial charge in [-0.15, -0.1) is 0 Å². The molecule has 1 aliphatic heterocycles. The van der Waals surface area contributed by atoms with Crippen molar-refractivity contribution in [2.45, 2.75) is 36.3 Å². The van der Waals surface area contributed by atoms with Crippen LogP contribution in [0.1, 0.15) is 19.4 Å². The molecule has 0 saturated carbocycles. The molecule has 1 aliphatic rings. The summed E-state index contributed by atoms with van der Waals surface area (Å²) in [5, 5.41) is 2.74. The van der Waals surface area contributed by atoms with E-state index in [4.69, 9.17) is 18.0 Å². The van der Waals surface area contributed by atoms with Crippen LogP contribution in [-0.2, 0) is 11.3 Å². The highest BCUT2D eigenvalue weighted by Crippen LogP contribution is 2.38. The number of carbonyl (C=O) groups is 2. The number of hydrogen-bond acceptors (Lipinski definition) is 5. The molecule has 0 spiro atoms. The number of hydrogen-bond donors (Lipinski definition) is 2. The van der Waals surface area contributed by atoms with Crippen LogP contribution in [0.15, 0.2) is 47.5 Å². The van der Waals surface area contributed by atoms with Crippen LogP contribution in [0.4, 0.5) is 29.5 Å². The molecule has 3 N–H and O–H groups in total. The SMILES string of the molecule is CC1(C)C(=O)N(c2ccc(SC(F)(F)F)cc2)C(=O)N1Cc1ccnc(NC(N)=S)c1. The number of nitrogens with zero attached hydrogens (tertiary/aromatic N) is 3. The third-order valence-electron chi connectivity index (χ3n) is 4.57. The molecule has 0 bridgehead atoms. The van der Waals surface area contributed by atoms with Gasteiger partial charge in [0.25, 0.3) is 5.91 Å². The third kappa shape index (κ3) is 5.07. The summed E-state index contributed by atoms with van der Waals surface area (Å²) in [6, 6.07) is 7.84. The molecule has 31 heavy (non-hydrogen) atoms. The molecule has 1 aromatic heterocycles. The highest BCUT2D eigenvalue weighted by Gasteiger charge is 2.51. The average molecular weight is 470 g/mol. The second-order valence-corrected chi connectivity index (χ2v) is 8.73. The number of benzene rings is 1. The minimum atomic E-state index is -4.43. The summed E-state index contributed by atoms with van der Waals surface area (Å²) in [7, 11) is 0. The van der Waals surface area contributed by atoms with Crippen molar-refractivity contribution < 1.29 is 22.8 Å². The number of nitrogens with two attached hydrogens (primary N) is 1. The van der Waals surface area contributed by atoms with E-state index in [1.54, 1.807) is 26.0 Å². The fraction of sp³-hybridized carbons (Fsp3) is 0.263. The van der Waals surface area contributed by atoms with Crippen LogP contribution in [0, 0.1) is 0 Å². The molecule has 0 unspecified atom stereocenters. The Hall–Kier alpha value is -2.86. The second-order valence-electron chi connectivity index (χ2n) is 7.15. The van der Waals surface area contributed by atoms with Crippen molar-refractivity contribution in [3.8, 4) is 0 Å². The Morgan fingerprint density at radius 1 is 1.23 bits per heavy atom. The Morgan fingerprint density at radius 2 is 1.87 bits per heavy atom. The maximum Gasteiger partial charge on any atom is 0.446 e. The van der Waals surface area contributed by atoms with Crippen LogP contribution < -0.4 is 16.0 Å². The number of urea groups is 1. The molecule has 0 atom stereocenters. The predicted octanol–water partition coefficient (Wildman–Crippen LogP) is 4.10. The van der Waals surface area contributed by atoms with E-state index in [0.717, 1.165) is 4.90 Å². The van der Waals surface area contributed by atoms with E-state index < -0.39 is 23.0 Å². The number of pyridine rings is 1. The number of halogens is 3. The maximum atomic E-state index is 13.1. The lowest BCUT2D eigenvalue weighted by Crippen LogP contribution is -2.43. The molecule has 3 amide bonds. The summed E-state index contributed by atoms with van der Waals surface area (Å²) in [5.74, 6) is -0.0837. The lowest BCUT2D eigenvalue weighted by atomic mass is 10.0. The summed E-state index contributed by atoms with van der Waals surface area (Å²) < 4.78 is 37.6. The molecule has 1 aromatic carbocycles. The Kier molecular flexibility index (Phi) is 6.14. The molecule has 0 aliphatic carbocycles. The summed E-state index contributed by atoms with van der Waals surface area (Å²) in [6.45, 7) is 3.32. The van der Waals surface area contributed by atoms with Crippen LogP contribution in [0.25, 0.3) is 0 Å². The fourth-order valence-electron chi connectivity index (χ4n) is 3.08. The third-order valence-corrected chi connectivity index (χ3v) is 5.41. The summed E-state index contributed by atoms with van der Waals surface area (Å²) >= 11 is 4.52. The fourth-order valence-corrected chi connectivity index (χ4v) is 3.72. The highest BCUT2D eigenvalue weighted by molar-refractivity contribution is 8.00. The zero-order valence-corrected chi connectivity index (χ0v) is 18.1. The highest BCUT2D eigenvalue weighted by atomic mass is 32.2. The quantitative estimate of drug-likeness (QED) is 0.387. The molecule has 2 heterocycles. The molecule has 2 aromatic rings. The van der Waals surface area contributed by atoms with E-state index in [-0.39, 0.29) is 34.0 Å². The monoisotopic (exact) mass is 469 g/mol. The Balaban J connectivity index is 1.84. The number of anilines is 2. The second kappa shape index (κ2) is 8.35. The lowest BCUT2D eigenvalue weighted by molar-refractivity contribution is -0.123. The number of imide groups is 1. The number of alkyl halides is 3. The zero-order chi connectivity index (χ0) is 23.0. The van der Waals surface area contributed by atoms with Gasteiger partial charge in [-0.2, -0.15) is 13.2 Å².